The summed E-state index contributed by atoms with van der Waals surface area (Å²) in [7, 11) is 0. The van der Waals surface area contributed by atoms with Gasteiger partial charge in [0.15, 0.2) is 37.0 Å². The molecule has 0 saturated carbocycles. The first kappa shape index (κ1) is 75.9. The van der Waals surface area contributed by atoms with Gasteiger partial charge in [0, 0.05) is 11.1 Å². The van der Waals surface area contributed by atoms with Gasteiger partial charge in [-0.25, -0.2) is 28.8 Å². The molecule has 0 aromatic heterocycles. The van der Waals surface area contributed by atoms with E-state index in [2.05, 4.69) is 15.9 Å². The fourth-order valence-corrected chi connectivity index (χ4v) is 13.7. The molecular weight excluding hydrogens is 1440 g/mol. The summed E-state index contributed by atoms with van der Waals surface area (Å²) in [6.45, 7) is -1.60. The van der Waals surface area contributed by atoms with E-state index in [0.29, 0.717) is 16.6 Å². The molecule has 106 heavy (non-hydrogen) atoms. The van der Waals surface area contributed by atoms with E-state index in [1.54, 1.807) is 121 Å². The summed E-state index contributed by atoms with van der Waals surface area (Å²) in [6, 6.07) is 75.8. The first-order chi connectivity index (χ1) is 51.9. The number of rotatable bonds is 31. The molecule has 3 fully saturated rings. The molecule has 3 saturated heterocycles. The zero-order valence-electron chi connectivity index (χ0n) is 57.2. The Balaban J connectivity index is 1.01. The van der Waals surface area contributed by atoms with Crippen molar-refractivity contribution < 1.29 is 100 Å². The number of carbonyl (C=O) groups excluding carboxylic acids is 6. The molecule has 0 bridgehead atoms. The van der Waals surface area contributed by atoms with Gasteiger partial charge in [0.05, 0.1) is 59.8 Å². The van der Waals surface area contributed by atoms with E-state index < -0.39 is 140 Å². The van der Waals surface area contributed by atoms with Crippen LogP contribution < -0.4 is 0 Å². The molecule has 1 N–H and O–H groups in total. The number of thioether (sulfide) groups is 1. The highest BCUT2D eigenvalue weighted by molar-refractivity contribution is 9.09. The van der Waals surface area contributed by atoms with Crippen LogP contribution in [0.25, 0.3) is 0 Å². The number of ether oxygens (including phenoxy) is 14. The Kier molecular flexibility index (Phi) is 27.6. The van der Waals surface area contributed by atoms with Gasteiger partial charge in [-0.2, -0.15) is 0 Å². The number of aliphatic hydroxyl groups excluding tert-OH is 1. The topological polar surface area (TPSA) is 252 Å². The van der Waals surface area contributed by atoms with Crippen molar-refractivity contribution in [2.24, 2.45) is 0 Å². The average molecular weight is 1520 g/mol. The van der Waals surface area contributed by atoms with Crippen LogP contribution in [0.1, 0.15) is 78.8 Å². The van der Waals surface area contributed by atoms with E-state index in [1.165, 1.54) is 72.4 Å². The molecule has 21 nitrogen and oxygen atoms in total. The molecule has 3 aliphatic rings. The summed E-state index contributed by atoms with van der Waals surface area (Å²) < 4.78 is 94.3. The minimum Gasteiger partial charge on any atom is -0.459 e. The highest BCUT2D eigenvalue weighted by Gasteiger charge is 2.59. The minimum atomic E-state index is -2.09. The van der Waals surface area contributed by atoms with Gasteiger partial charge in [0.1, 0.15) is 67.5 Å². The van der Waals surface area contributed by atoms with Gasteiger partial charge < -0.3 is 71.4 Å². The smallest absolute Gasteiger partial charge is 0.338 e. The van der Waals surface area contributed by atoms with E-state index in [4.69, 9.17) is 66.3 Å². The Hall–Kier alpha value is -9.73. The lowest BCUT2D eigenvalue weighted by Crippen LogP contribution is -2.68. The van der Waals surface area contributed by atoms with Gasteiger partial charge in [-0.1, -0.05) is 216 Å². The summed E-state index contributed by atoms with van der Waals surface area (Å²) >= 11 is 4.70. The highest BCUT2D eigenvalue weighted by atomic mass is 79.9. The summed E-state index contributed by atoms with van der Waals surface area (Å²) in [5, 5.41) is 13.5. The molecular formula is C83H77BrO21S. The maximum atomic E-state index is 15.3. The van der Waals surface area contributed by atoms with Crippen LogP contribution in [0.15, 0.2) is 273 Å². The van der Waals surface area contributed by atoms with Crippen LogP contribution in [-0.2, 0) is 86.1 Å². The summed E-state index contributed by atoms with van der Waals surface area (Å²) in [6.07, 6.45) is -23.4. The fraction of sp³-hybridized carbons (Fsp3) is 0.277. The average Bonchev–Trinajstić information content (AvgIpc) is 0.759. The Labute approximate surface area is 625 Å². The monoisotopic (exact) mass is 1520 g/mol. The Bertz CT molecular complexity index is 4220. The van der Waals surface area contributed by atoms with E-state index in [1.807, 2.05) is 91.0 Å². The quantitative estimate of drug-likeness (QED) is 0.0241. The first-order valence-corrected chi connectivity index (χ1v) is 36.7. The van der Waals surface area contributed by atoms with Crippen molar-refractivity contribution in [1.82, 2.24) is 0 Å². The van der Waals surface area contributed by atoms with Crippen molar-refractivity contribution in [2.45, 2.75) is 111 Å². The lowest BCUT2D eigenvalue weighted by molar-refractivity contribution is -0.375. The molecule has 0 radical (unpaired) electrons. The van der Waals surface area contributed by atoms with Crippen LogP contribution in [0.2, 0.25) is 0 Å². The summed E-state index contributed by atoms with van der Waals surface area (Å²) in [5.74, 6) is -5.10. The number of alkyl halides is 1. The molecule has 3 heterocycles. The summed E-state index contributed by atoms with van der Waals surface area (Å²) in [5.41, 5.74) is 1.57. The maximum absolute atomic E-state index is 15.3. The first-order valence-electron chi connectivity index (χ1n) is 34.5. The zero-order chi connectivity index (χ0) is 73.4. The third-order valence-corrected chi connectivity index (χ3v) is 19.6. The Morgan fingerprint density at radius 2 is 0.632 bits per heavy atom. The molecule has 0 unspecified atom stereocenters. The lowest BCUT2D eigenvalue weighted by Gasteiger charge is -2.50. The molecule has 0 spiro atoms. The van der Waals surface area contributed by atoms with Crippen molar-refractivity contribution in [3.63, 3.8) is 0 Å². The number of halogens is 1. The molecule has 548 valence electrons. The Morgan fingerprint density at radius 3 is 1.02 bits per heavy atom. The van der Waals surface area contributed by atoms with Gasteiger partial charge in [-0.3, -0.25) is 0 Å². The third-order valence-electron chi connectivity index (χ3n) is 17.5. The molecule has 0 aliphatic carbocycles. The van der Waals surface area contributed by atoms with E-state index >= 15 is 9.59 Å². The molecule has 3 aliphatic heterocycles. The number of aliphatic hydroxyl groups is 1. The molecule has 9 aromatic rings. The van der Waals surface area contributed by atoms with E-state index in [-0.39, 0.29) is 59.8 Å². The van der Waals surface area contributed by atoms with Crippen molar-refractivity contribution in [1.29, 1.82) is 0 Å². The number of esters is 6. The molecule has 23 heteroatoms. The number of benzene rings is 9. The second kappa shape index (κ2) is 38.5. The van der Waals surface area contributed by atoms with Crippen molar-refractivity contribution in [3.8, 4) is 0 Å². The van der Waals surface area contributed by atoms with Crippen LogP contribution >= 0.6 is 27.7 Å². The standard InChI is InChI=1S/C83H77BrO21S/c84-46-47-106-83-74(103-80(91)62-44-26-9-27-45-62)72(101-78(89)60-40-22-7-23-41-60)69(65(99-83)53-96-76(87)58-36-18-5-19-37-58)105-82-73(102-79(90)61-42-24-8-25-43-61)71(100-77(88)59-38-20-6-21-39-59)68(64(98-82)52-95-75(86)57-34-16-4-17-35-57)104-81-70(94-50-56-32-14-3-15-33-56)66(85)67(93-49-55-30-12-2-13-31-55)63(97-81)51-92-48-54-28-10-1-11-29-54/h1-45,63-74,81-83,85H,46-53H2/t63-,64-,65-,66+,67+,68+,69-,70-,71+,72+,73-,74-,81-,82+,83+/m1/s1. The van der Waals surface area contributed by atoms with Gasteiger partial charge in [-0.15, -0.1) is 11.8 Å². The van der Waals surface area contributed by atoms with Crippen molar-refractivity contribution in [3.05, 3.63) is 323 Å². The Morgan fingerprint density at radius 1 is 0.330 bits per heavy atom. The van der Waals surface area contributed by atoms with Crippen molar-refractivity contribution >= 4 is 63.5 Å². The minimum absolute atomic E-state index is 0.000292. The maximum Gasteiger partial charge on any atom is 0.338 e. The van der Waals surface area contributed by atoms with E-state index in [0.717, 1.165) is 11.1 Å². The van der Waals surface area contributed by atoms with Gasteiger partial charge in [0.25, 0.3) is 0 Å². The van der Waals surface area contributed by atoms with Crippen LogP contribution in [0, 0.1) is 0 Å². The van der Waals surface area contributed by atoms with Crippen LogP contribution in [0.4, 0.5) is 0 Å². The molecule has 0 amide bonds. The fourth-order valence-electron chi connectivity index (χ4n) is 12.2. The summed E-state index contributed by atoms with van der Waals surface area (Å²) in [4.78, 5) is 88.8. The van der Waals surface area contributed by atoms with Crippen LogP contribution in [0.5, 0.6) is 0 Å². The normalized spacial score (nSPS) is 24.1. The predicted octanol–water partition coefficient (Wildman–Crippen LogP) is 12.4. The van der Waals surface area contributed by atoms with Gasteiger partial charge in [-0.05, 0) is 89.5 Å². The van der Waals surface area contributed by atoms with Crippen LogP contribution in [0.3, 0.4) is 0 Å². The number of carbonyl (C=O) groups is 6. The highest BCUT2D eigenvalue weighted by Crippen LogP contribution is 2.41. The number of hydrogen-bond donors (Lipinski definition) is 1. The van der Waals surface area contributed by atoms with Crippen LogP contribution in [-0.4, -0.2) is 163 Å². The molecule has 15 atom stereocenters. The predicted molar refractivity (Wildman–Crippen MR) is 390 cm³/mol. The second-order valence-electron chi connectivity index (χ2n) is 24.8. The third kappa shape index (κ3) is 20.4. The number of hydrogen-bond acceptors (Lipinski definition) is 22. The second-order valence-corrected chi connectivity index (χ2v) is 26.8. The SMILES string of the molecule is O=C(OC[C@H]1O[C@@H](O[C@H]2[C@H](OC(=O)c3ccccc3)[C@@H](OC(=O)c3ccccc3)[C@H](SCCBr)O[C@@H]2COC(=O)c2ccccc2)[C@H](OC(=O)c2ccccc2)[C@@H](OC(=O)c2ccccc2)[C@H]1O[C@H]1O[C@H](COCc2ccccc2)[C@H](OCc2ccccc2)[C@H](O)[C@H]1OCc1ccccc1)c1ccccc1. The van der Waals surface area contributed by atoms with Gasteiger partial charge in [0.2, 0.25) is 0 Å². The van der Waals surface area contributed by atoms with E-state index in [9.17, 15) is 24.3 Å². The van der Waals surface area contributed by atoms with Crippen molar-refractivity contribution in [2.75, 3.05) is 30.9 Å². The largest absolute Gasteiger partial charge is 0.459 e. The van der Waals surface area contributed by atoms with Gasteiger partial charge >= 0.3 is 35.8 Å². The molecule has 12 rings (SSSR count). The molecule has 9 aromatic carbocycles. The zero-order valence-corrected chi connectivity index (χ0v) is 59.6. The lowest BCUT2D eigenvalue weighted by atomic mass is 9.95.